The van der Waals surface area contributed by atoms with Crippen LogP contribution in [0.4, 0.5) is 0 Å². The van der Waals surface area contributed by atoms with Crippen LogP contribution in [0.25, 0.3) is 5.69 Å². The molecular formula is C23H21N5O4. The minimum absolute atomic E-state index is 0.00935. The molecule has 4 N–H and O–H groups in total. The van der Waals surface area contributed by atoms with Gasteiger partial charge < -0.3 is 25.7 Å². The van der Waals surface area contributed by atoms with E-state index >= 15 is 0 Å². The van der Waals surface area contributed by atoms with Crippen molar-refractivity contribution in [1.29, 1.82) is 5.26 Å². The second kappa shape index (κ2) is 8.35. The van der Waals surface area contributed by atoms with Crippen molar-refractivity contribution < 1.29 is 19.0 Å². The fourth-order valence-electron chi connectivity index (χ4n) is 3.72. The number of rotatable bonds is 6. The molecule has 9 heteroatoms. The molecule has 2 aromatic carbocycles. The Morgan fingerprint density at radius 1 is 1.25 bits per heavy atom. The summed E-state index contributed by atoms with van der Waals surface area (Å²) in [5.41, 5.74) is 14.5. The number of primary amides is 1. The van der Waals surface area contributed by atoms with Crippen molar-refractivity contribution in [2.45, 2.75) is 12.8 Å². The molecule has 2 heterocycles. The van der Waals surface area contributed by atoms with E-state index < -0.39 is 11.8 Å². The van der Waals surface area contributed by atoms with Crippen LogP contribution < -0.4 is 25.7 Å². The van der Waals surface area contributed by atoms with Crippen LogP contribution >= 0.6 is 0 Å². The van der Waals surface area contributed by atoms with Crippen LogP contribution in [0.5, 0.6) is 17.4 Å². The van der Waals surface area contributed by atoms with E-state index in [0.717, 1.165) is 16.8 Å². The molecule has 0 unspecified atom stereocenters. The zero-order valence-corrected chi connectivity index (χ0v) is 17.5. The first-order valence-electron chi connectivity index (χ1n) is 9.76. The van der Waals surface area contributed by atoms with Gasteiger partial charge in [0.25, 0.3) is 5.91 Å². The maximum Gasteiger partial charge on any atom is 0.255 e. The van der Waals surface area contributed by atoms with Crippen molar-refractivity contribution in [3.63, 3.8) is 0 Å². The molecule has 1 aromatic heterocycles. The number of nitrogens with two attached hydrogens (primary N) is 2. The van der Waals surface area contributed by atoms with Gasteiger partial charge >= 0.3 is 0 Å². The lowest BCUT2D eigenvalue weighted by Crippen LogP contribution is -2.22. The average Bonchev–Trinajstić information content (AvgIpc) is 3.12. The summed E-state index contributed by atoms with van der Waals surface area (Å²) < 4.78 is 18.4. The van der Waals surface area contributed by atoms with Gasteiger partial charge in [0, 0.05) is 0 Å². The quantitative estimate of drug-likeness (QED) is 0.610. The predicted octanol–water partition coefficient (Wildman–Crippen LogP) is 2.27. The second-order valence-electron chi connectivity index (χ2n) is 7.14. The normalized spacial score (nSPS) is 14.8. The summed E-state index contributed by atoms with van der Waals surface area (Å²) in [5.74, 6) is 0.0745. The number of carbonyl (C=O) groups is 1. The number of methoxy groups -OCH3 is 1. The Balaban J connectivity index is 1.85. The SMILES string of the molecule is COc1cc([C@H]2C(C#N)=C(N)Oc3c2c(C)nn3-c2ccccc2)ccc1OCC(N)=O. The van der Waals surface area contributed by atoms with E-state index in [1.807, 2.05) is 37.3 Å². The number of ether oxygens (including phenoxy) is 3. The first-order chi connectivity index (χ1) is 15.4. The van der Waals surface area contributed by atoms with Crippen molar-refractivity contribution >= 4 is 5.91 Å². The van der Waals surface area contributed by atoms with Crippen molar-refractivity contribution in [2.24, 2.45) is 11.5 Å². The van der Waals surface area contributed by atoms with Crippen molar-refractivity contribution in [2.75, 3.05) is 13.7 Å². The number of para-hydroxylation sites is 1. The summed E-state index contributed by atoms with van der Waals surface area (Å²) in [6, 6.07) is 16.9. The number of fused-ring (bicyclic) bond motifs is 1. The maximum absolute atomic E-state index is 11.1. The molecule has 162 valence electrons. The number of allylic oxidation sites excluding steroid dienone is 1. The van der Waals surface area contributed by atoms with Crippen molar-refractivity contribution in [3.8, 4) is 29.1 Å². The molecule has 0 radical (unpaired) electrons. The lowest BCUT2D eigenvalue weighted by molar-refractivity contribution is -0.119. The second-order valence-corrected chi connectivity index (χ2v) is 7.14. The van der Waals surface area contributed by atoms with E-state index in [9.17, 15) is 10.1 Å². The fraction of sp³-hybridized carbons (Fsp3) is 0.174. The first kappa shape index (κ1) is 20.8. The molecule has 0 bridgehead atoms. The molecule has 32 heavy (non-hydrogen) atoms. The third kappa shape index (κ3) is 3.58. The Hall–Kier alpha value is -4.45. The van der Waals surface area contributed by atoms with E-state index in [0.29, 0.717) is 23.1 Å². The number of hydrogen-bond donors (Lipinski definition) is 2. The topological polar surface area (TPSA) is 138 Å². The van der Waals surface area contributed by atoms with Gasteiger partial charge in [-0.15, -0.1) is 0 Å². The van der Waals surface area contributed by atoms with E-state index in [1.54, 1.807) is 22.9 Å². The van der Waals surface area contributed by atoms with E-state index in [-0.39, 0.29) is 18.1 Å². The molecule has 9 nitrogen and oxygen atoms in total. The van der Waals surface area contributed by atoms with Crippen LogP contribution in [-0.2, 0) is 4.79 Å². The number of nitriles is 1. The molecule has 0 saturated carbocycles. The maximum atomic E-state index is 11.1. The Morgan fingerprint density at radius 3 is 2.66 bits per heavy atom. The van der Waals surface area contributed by atoms with Gasteiger partial charge in [-0.25, -0.2) is 4.68 Å². The van der Waals surface area contributed by atoms with Gasteiger partial charge in [0.1, 0.15) is 11.6 Å². The molecule has 0 spiro atoms. The number of hydrogen-bond acceptors (Lipinski definition) is 7. The van der Waals surface area contributed by atoms with Crippen molar-refractivity contribution in [3.05, 3.63) is 76.8 Å². The first-order valence-corrected chi connectivity index (χ1v) is 9.76. The smallest absolute Gasteiger partial charge is 0.255 e. The largest absolute Gasteiger partial charge is 0.493 e. The number of carbonyl (C=O) groups excluding carboxylic acids is 1. The number of aryl methyl sites for hydroxylation is 1. The van der Waals surface area contributed by atoms with Crippen LogP contribution in [0, 0.1) is 18.3 Å². The Labute approximate surface area is 184 Å². The highest BCUT2D eigenvalue weighted by molar-refractivity contribution is 5.75. The summed E-state index contributed by atoms with van der Waals surface area (Å²) >= 11 is 0. The zero-order chi connectivity index (χ0) is 22.8. The van der Waals surface area contributed by atoms with Crippen LogP contribution in [0.1, 0.15) is 22.7 Å². The van der Waals surface area contributed by atoms with Crippen LogP contribution in [0.2, 0.25) is 0 Å². The minimum atomic E-state index is -0.600. The Bertz CT molecular complexity index is 1260. The minimum Gasteiger partial charge on any atom is -0.493 e. The lowest BCUT2D eigenvalue weighted by atomic mass is 9.84. The molecule has 3 aromatic rings. The zero-order valence-electron chi connectivity index (χ0n) is 17.5. The van der Waals surface area contributed by atoms with Gasteiger partial charge in [-0.2, -0.15) is 10.4 Å². The van der Waals surface area contributed by atoms with Gasteiger partial charge in [0.2, 0.25) is 11.8 Å². The summed E-state index contributed by atoms with van der Waals surface area (Å²) in [6.45, 7) is 1.57. The van der Waals surface area contributed by atoms with Gasteiger partial charge in [-0.1, -0.05) is 24.3 Å². The van der Waals surface area contributed by atoms with Crippen LogP contribution in [-0.4, -0.2) is 29.4 Å². The highest BCUT2D eigenvalue weighted by Gasteiger charge is 2.36. The molecule has 0 aliphatic carbocycles. The average molecular weight is 431 g/mol. The summed E-state index contributed by atoms with van der Waals surface area (Å²) in [6.07, 6.45) is 0. The van der Waals surface area contributed by atoms with Crippen LogP contribution in [0.15, 0.2) is 60.0 Å². The van der Waals surface area contributed by atoms with Gasteiger partial charge in [-0.3, -0.25) is 4.79 Å². The third-order valence-corrected chi connectivity index (χ3v) is 5.12. The molecular weight excluding hydrogens is 410 g/mol. The van der Waals surface area contributed by atoms with Gasteiger partial charge in [0.15, 0.2) is 18.1 Å². The summed E-state index contributed by atoms with van der Waals surface area (Å²) in [4.78, 5) is 11.1. The molecule has 1 atom stereocenters. The Morgan fingerprint density at radius 2 is 2.00 bits per heavy atom. The van der Waals surface area contributed by atoms with E-state index in [2.05, 4.69) is 11.2 Å². The van der Waals surface area contributed by atoms with Gasteiger partial charge in [0.05, 0.1) is 30.0 Å². The standard InChI is InChI=1S/C23H21N5O4/c1-13-20-21(14-8-9-17(18(10-14)30-2)31-12-19(25)29)16(11-24)22(26)32-23(20)28(27-13)15-6-4-3-5-7-15/h3-10,21H,12,26H2,1-2H3,(H2,25,29)/t21-/m0/s1. The fourth-order valence-corrected chi connectivity index (χ4v) is 3.72. The monoisotopic (exact) mass is 431 g/mol. The predicted molar refractivity (Wildman–Crippen MR) is 115 cm³/mol. The lowest BCUT2D eigenvalue weighted by Gasteiger charge is -2.25. The van der Waals surface area contributed by atoms with Crippen LogP contribution in [0.3, 0.4) is 0 Å². The van der Waals surface area contributed by atoms with E-state index in [1.165, 1.54) is 7.11 Å². The molecule has 0 saturated heterocycles. The molecule has 1 aliphatic heterocycles. The van der Waals surface area contributed by atoms with Gasteiger partial charge in [-0.05, 0) is 36.8 Å². The molecule has 0 fully saturated rings. The Kier molecular flexibility index (Phi) is 5.43. The number of nitrogens with zero attached hydrogens (tertiary/aromatic N) is 3. The number of aromatic nitrogens is 2. The van der Waals surface area contributed by atoms with Crippen molar-refractivity contribution in [1.82, 2.24) is 9.78 Å². The highest BCUT2D eigenvalue weighted by atomic mass is 16.5. The number of benzene rings is 2. The molecule has 4 rings (SSSR count). The van der Waals surface area contributed by atoms with E-state index in [4.69, 9.17) is 25.7 Å². The highest BCUT2D eigenvalue weighted by Crippen LogP contribution is 2.46. The summed E-state index contributed by atoms with van der Waals surface area (Å²) in [5, 5.41) is 14.5. The molecule has 1 amide bonds. The number of amides is 1. The molecule has 1 aliphatic rings. The summed E-state index contributed by atoms with van der Waals surface area (Å²) in [7, 11) is 1.49. The third-order valence-electron chi connectivity index (χ3n) is 5.12.